The summed E-state index contributed by atoms with van der Waals surface area (Å²) in [7, 11) is 5.39. The number of hydrogen-bond acceptors (Lipinski definition) is 13. The second kappa shape index (κ2) is 14.4. The highest BCUT2D eigenvalue weighted by molar-refractivity contribution is 5.73. The van der Waals surface area contributed by atoms with Gasteiger partial charge in [0.05, 0.1) is 47.6 Å². The Kier molecular flexibility index (Phi) is 11.5. The van der Waals surface area contributed by atoms with Crippen LogP contribution < -0.4 is 0 Å². The zero-order valence-corrected chi connectivity index (χ0v) is 32.5. The molecule has 0 aromatic heterocycles. The van der Waals surface area contributed by atoms with Crippen molar-refractivity contribution in [2.24, 2.45) is 23.7 Å². The molecule has 0 aliphatic carbocycles. The standard InChI is InChI=1S/C37H65NO12/c1-14-25-36(10)29(40)22(6)37(50-36)18(2)16-35(9,49-37)31(48-33-27(39)24(38(11)12)15-19(3)44-33)20(4)28(21(5)32(42)46-25)47-26-17-34(8,43-13)30(41)23(7)45-26/h18-31,33,39-41H,14-17H2,1-13H3/t18-,19-,20+,21-,22-,23+,24+,25-,26+,27-,28+,29-,30+,31-,33+,34-,35-,36-,37?/m1/s1. The van der Waals surface area contributed by atoms with Gasteiger partial charge in [-0.2, -0.15) is 0 Å². The second-order valence-corrected chi connectivity index (χ2v) is 16.9. The number of fused-ring (bicyclic) bond motifs is 2. The van der Waals surface area contributed by atoms with E-state index in [4.69, 9.17) is 37.9 Å². The van der Waals surface area contributed by atoms with Crippen molar-refractivity contribution in [1.29, 1.82) is 0 Å². The molecule has 5 aliphatic heterocycles. The van der Waals surface area contributed by atoms with Crippen molar-refractivity contribution in [2.45, 2.75) is 185 Å². The topological polar surface area (TPSA) is 155 Å². The molecule has 290 valence electrons. The normalized spacial score (nSPS) is 54.7. The summed E-state index contributed by atoms with van der Waals surface area (Å²) in [5, 5.41) is 34.4. The Morgan fingerprint density at radius 1 is 0.920 bits per heavy atom. The van der Waals surface area contributed by atoms with Crippen LogP contribution in [0.5, 0.6) is 0 Å². The van der Waals surface area contributed by atoms with E-state index in [2.05, 4.69) is 6.92 Å². The number of hydrogen-bond donors (Lipinski definition) is 3. The van der Waals surface area contributed by atoms with Gasteiger partial charge in [-0.3, -0.25) is 4.79 Å². The van der Waals surface area contributed by atoms with Crippen LogP contribution in [0.15, 0.2) is 0 Å². The number of methoxy groups -OCH3 is 1. The number of carbonyl (C=O) groups is 1. The first-order valence-corrected chi connectivity index (χ1v) is 18.7. The fourth-order valence-electron chi connectivity index (χ4n) is 9.81. The number of aliphatic hydroxyl groups excluding tert-OH is 3. The maximum absolute atomic E-state index is 14.2. The fraction of sp³-hybridized carbons (Fsp3) is 0.973. The molecule has 5 fully saturated rings. The average Bonchev–Trinajstić information content (AvgIpc) is 3.42. The predicted octanol–water partition coefficient (Wildman–Crippen LogP) is 2.99. The van der Waals surface area contributed by atoms with Crippen LogP contribution in [0.25, 0.3) is 0 Å². The average molecular weight is 716 g/mol. The van der Waals surface area contributed by atoms with Crippen molar-refractivity contribution in [3.63, 3.8) is 0 Å². The molecule has 0 radical (unpaired) electrons. The molecule has 1 spiro atoms. The number of likely N-dealkylation sites (N-methyl/N-ethyl adjacent to an activating group) is 1. The van der Waals surface area contributed by atoms with Gasteiger partial charge in [0.1, 0.15) is 23.9 Å². The van der Waals surface area contributed by atoms with E-state index in [1.807, 2.05) is 60.5 Å². The summed E-state index contributed by atoms with van der Waals surface area (Å²) in [6.45, 7) is 18.9. The predicted molar refractivity (Wildman–Crippen MR) is 182 cm³/mol. The van der Waals surface area contributed by atoms with E-state index in [-0.39, 0.29) is 24.5 Å². The van der Waals surface area contributed by atoms with Crippen LogP contribution in [-0.4, -0.2) is 137 Å². The van der Waals surface area contributed by atoms with Crippen molar-refractivity contribution >= 4 is 5.97 Å². The minimum atomic E-state index is -1.25. The molecule has 1 unspecified atom stereocenters. The number of ether oxygens (including phenoxy) is 8. The van der Waals surface area contributed by atoms with Crippen LogP contribution in [0.1, 0.15) is 94.9 Å². The third kappa shape index (κ3) is 6.69. The quantitative estimate of drug-likeness (QED) is 0.331. The maximum Gasteiger partial charge on any atom is 0.311 e. The van der Waals surface area contributed by atoms with Crippen molar-refractivity contribution in [3.8, 4) is 0 Å². The Morgan fingerprint density at radius 3 is 2.18 bits per heavy atom. The molecule has 5 aliphatic rings. The van der Waals surface area contributed by atoms with E-state index >= 15 is 0 Å². The third-order valence-electron chi connectivity index (χ3n) is 12.9. The minimum absolute atomic E-state index is 0.194. The van der Waals surface area contributed by atoms with Crippen molar-refractivity contribution in [2.75, 3.05) is 21.2 Å². The van der Waals surface area contributed by atoms with Crippen LogP contribution in [0.3, 0.4) is 0 Å². The largest absolute Gasteiger partial charge is 0.459 e. The summed E-state index contributed by atoms with van der Waals surface area (Å²) in [6.07, 6.45) is -6.22. The molecule has 13 nitrogen and oxygen atoms in total. The minimum Gasteiger partial charge on any atom is -0.459 e. The summed E-state index contributed by atoms with van der Waals surface area (Å²) in [5.41, 5.74) is -3.25. The smallest absolute Gasteiger partial charge is 0.311 e. The SMILES string of the molecule is CC[C@H]1OC(=O)[C@H](C)[C@@H](O[C@H]2C[C@@](C)(OC)[C@@H](O)[C@H](C)O2)[C@H](C)[C@@H](O[C@@H]2O[C@H](C)C[C@H](N(C)C)[C@H]2O)[C@@]2(C)C[C@@H](C)C3(O[C@@]1(C)[C@H](O)[C@H]3C)O2. The molecule has 5 rings (SSSR count). The van der Waals surface area contributed by atoms with Gasteiger partial charge < -0.3 is 58.1 Å². The first kappa shape index (κ1) is 40.2. The van der Waals surface area contributed by atoms with E-state index in [1.54, 1.807) is 27.9 Å². The number of aliphatic hydroxyl groups is 3. The number of cyclic esters (lactones) is 1. The van der Waals surface area contributed by atoms with Crippen LogP contribution in [0.4, 0.5) is 0 Å². The molecule has 3 bridgehead atoms. The molecular weight excluding hydrogens is 650 g/mol. The molecule has 50 heavy (non-hydrogen) atoms. The van der Waals surface area contributed by atoms with Gasteiger partial charge in [-0.1, -0.05) is 27.7 Å². The highest BCUT2D eigenvalue weighted by Gasteiger charge is 2.71. The van der Waals surface area contributed by atoms with Gasteiger partial charge in [-0.05, 0) is 74.9 Å². The van der Waals surface area contributed by atoms with Gasteiger partial charge in [0.2, 0.25) is 0 Å². The first-order chi connectivity index (χ1) is 23.2. The monoisotopic (exact) mass is 715 g/mol. The van der Waals surface area contributed by atoms with Gasteiger partial charge in [-0.25, -0.2) is 0 Å². The van der Waals surface area contributed by atoms with Gasteiger partial charge in [0.15, 0.2) is 18.4 Å². The van der Waals surface area contributed by atoms with Crippen molar-refractivity contribution in [3.05, 3.63) is 0 Å². The highest BCUT2D eigenvalue weighted by atomic mass is 16.8. The zero-order chi connectivity index (χ0) is 37.3. The summed E-state index contributed by atoms with van der Waals surface area (Å²) >= 11 is 0. The van der Waals surface area contributed by atoms with E-state index in [9.17, 15) is 20.1 Å². The van der Waals surface area contributed by atoms with Crippen LogP contribution in [0.2, 0.25) is 0 Å². The van der Waals surface area contributed by atoms with E-state index in [1.165, 1.54) is 0 Å². The molecule has 5 heterocycles. The first-order valence-electron chi connectivity index (χ1n) is 18.7. The lowest BCUT2D eigenvalue weighted by atomic mass is 9.77. The molecule has 0 aromatic carbocycles. The number of nitrogens with zero attached hydrogens (tertiary/aromatic N) is 1. The summed E-state index contributed by atoms with van der Waals surface area (Å²) in [6, 6.07) is -0.218. The van der Waals surface area contributed by atoms with E-state index in [0.717, 1.165) is 0 Å². The van der Waals surface area contributed by atoms with E-state index < -0.39 is 102 Å². The van der Waals surface area contributed by atoms with Crippen LogP contribution in [0, 0.1) is 23.7 Å². The lowest BCUT2D eigenvalue weighted by Gasteiger charge is -2.49. The second-order valence-electron chi connectivity index (χ2n) is 16.9. The Labute approximate surface area is 298 Å². The van der Waals surface area contributed by atoms with Crippen molar-refractivity contribution in [1.82, 2.24) is 4.90 Å². The summed E-state index contributed by atoms with van der Waals surface area (Å²) in [4.78, 5) is 16.2. The Balaban J connectivity index is 1.62. The lowest BCUT2D eigenvalue weighted by Crippen LogP contribution is -2.61. The summed E-state index contributed by atoms with van der Waals surface area (Å²) < 4.78 is 52.3. The fourth-order valence-corrected chi connectivity index (χ4v) is 9.81. The summed E-state index contributed by atoms with van der Waals surface area (Å²) in [5.74, 6) is -3.80. The zero-order valence-electron chi connectivity index (χ0n) is 32.5. The highest BCUT2D eigenvalue weighted by Crippen LogP contribution is 2.59. The number of rotatable bonds is 7. The Hall–Kier alpha value is -0.970. The van der Waals surface area contributed by atoms with Crippen molar-refractivity contribution < 1.29 is 58.0 Å². The molecule has 13 heteroatoms. The van der Waals surface area contributed by atoms with Gasteiger partial charge in [-0.15, -0.1) is 0 Å². The molecular formula is C37H65NO12. The third-order valence-corrected chi connectivity index (χ3v) is 12.9. The number of carbonyl (C=O) groups excluding carboxylic acids is 1. The molecule has 0 saturated carbocycles. The molecule has 3 N–H and O–H groups in total. The molecule has 5 saturated heterocycles. The maximum atomic E-state index is 14.2. The Morgan fingerprint density at radius 2 is 1.58 bits per heavy atom. The van der Waals surface area contributed by atoms with E-state index in [0.29, 0.717) is 19.3 Å². The lowest BCUT2D eigenvalue weighted by molar-refractivity contribution is -0.344. The molecule has 19 atom stereocenters. The number of esters is 1. The molecule has 0 aromatic rings. The van der Waals surface area contributed by atoms with Crippen LogP contribution >= 0.6 is 0 Å². The Bertz CT molecular complexity index is 1210. The van der Waals surface area contributed by atoms with Crippen LogP contribution in [-0.2, 0) is 42.7 Å². The van der Waals surface area contributed by atoms with Gasteiger partial charge in [0.25, 0.3) is 0 Å². The van der Waals surface area contributed by atoms with Gasteiger partial charge >= 0.3 is 5.97 Å². The van der Waals surface area contributed by atoms with Gasteiger partial charge in [0, 0.05) is 37.3 Å². The molecule has 0 amide bonds.